The van der Waals surface area contributed by atoms with Crippen LogP contribution in [0.15, 0.2) is 35.8 Å². The minimum Gasteiger partial charge on any atom is -0.229 e. The molecule has 0 spiro atoms. The van der Waals surface area contributed by atoms with Crippen molar-refractivity contribution in [1.82, 2.24) is 0 Å². The smallest absolute Gasteiger partial charge is 0.171 e. The molecule has 0 aliphatic rings. The number of rotatable bonds is 24. The summed E-state index contributed by atoms with van der Waals surface area (Å²) in [7, 11) is -11.9. The zero-order valence-corrected chi connectivity index (χ0v) is 58.0. The SMILES string of the molecule is C[C@@H](CS(=O)(=O)/C=C/CCCC(C)(C)C)C(C)(C)C.C[C@@H](CS(=O)(=O)C/C=C/CC(C)(C)C)C(C)(C)C.C[C@@H](CS(=O)(=O)C/C=C/CCC(C)(C)C)C(C)(C)C.C[C@H](CS(=O)(=O)CCCCCC(C)(C)C)C(C)(C)C. The minimum absolute atomic E-state index is 0.0349. The maximum Gasteiger partial charge on any atom is 0.171 e. The lowest BCUT2D eigenvalue weighted by atomic mass is 9.83. The van der Waals surface area contributed by atoms with Gasteiger partial charge in [-0.15, -0.1) is 0 Å². The fraction of sp³-hybridized carbons (Fsp3) is 0.905. The normalized spacial score (nSPS) is 15.9. The summed E-state index contributed by atoms with van der Waals surface area (Å²) in [6.45, 7) is 59.5. The molecule has 0 N–H and O–H groups in total. The largest absolute Gasteiger partial charge is 0.229 e. The average molecular weight is 1140 g/mol. The van der Waals surface area contributed by atoms with E-state index in [4.69, 9.17) is 0 Å². The van der Waals surface area contributed by atoms with Crippen molar-refractivity contribution in [2.24, 2.45) is 67.0 Å². The van der Waals surface area contributed by atoms with E-state index in [1.807, 2.05) is 52.0 Å². The predicted octanol–water partition coefficient (Wildman–Crippen LogP) is 18.0. The first-order valence-corrected chi connectivity index (χ1v) is 35.8. The van der Waals surface area contributed by atoms with E-state index in [1.165, 1.54) is 11.8 Å². The van der Waals surface area contributed by atoms with Gasteiger partial charge in [-0.25, -0.2) is 33.7 Å². The minimum atomic E-state index is -3.06. The van der Waals surface area contributed by atoms with Crippen LogP contribution in [0.25, 0.3) is 0 Å². The monoisotopic (exact) mass is 1140 g/mol. The van der Waals surface area contributed by atoms with Gasteiger partial charge < -0.3 is 0 Å². The van der Waals surface area contributed by atoms with Crippen LogP contribution in [0.3, 0.4) is 0 Å². The van der Waals surface area contributed by atoms with Crippen LogP contribution >= 0.6 is 0 Å². The number of sulfone groups is 4. The summed E-state index contributed by atoms with van der Waals surface area (Å²) in [5, 5.41) is 1.41. The highest BCUT2D eigenvalue weighted by Crippen LogP contribution is 2.31. The van der Waals surface area contributed by atoms with E-state index in [1.54, 1.807) is 6.08 Å². The highest BCUT2D eigenvalue weighted by atomic mass is 32.2. The molecule has 0 rings (SSSR count). The predicted molar refractivity (Wildman–Crippen MR) is 336 cm³/mol. The van der Waals surface area contributed by atoms with Crippen molar-refractivity contribution in [3.63, 3.8) is 0 Å². The van der Waals surface area contributed by atoms with Gasteiger partial charge in [-0.05, 0) is 118 Å². The van der Waals surface area contributed by atoms with E-state index in [0.29, 0.717) is 27.8 Å². The van der Waals surface area contributed by atoms with Gasteiger partial charge in [-0.1, -0.05) is 237 Å². The number of hydrogen-bond acceptors (Lipinski definition) is 8. The quantitative estimate of drug-likeness (QED) is 0.0688. The van der Waals surface area contributed by atoms with Crippen LogP contribution in [-0.2, 0) is 39.3 Å². The van der Waals surface area contributed by atoms with E-state index in [-0.39, 0.29) is 79.5 Å². The molecule has 0 heterocycles. The molecule has 12 heteroatoms. The molecule has 0 aromatic rings. The van der Waals surface area contributed by atoms with Gasteiger partial charge in [0.2, 0.25) is 0 Å². The van der Waals surface area contributed by atoms with Crippen LogP contribution in [0, 0.1) is 67.0 Å². The fourth-order valence-electron chi connectivity index (χ4n) is 6.39. The second-order valence-corrected chi connectivity index (χ2v) is 40.1. The molecule has 452 valence electrons. The van der Waals surface area contributed by atoms with Crippen LogP contribution in [0.2, 0.25) is 0 Å². The Morgan fingerprint density at radius 1 is 0.320 bits per heavy atom. The molecule has 0 saturated carbocycles. The molecule has 0 aliphatic heterocycles. The first-order chi connectivity index (χ1) is 32.8. The van der Waals surface area contributed by atoms with E-state index in [0.717, 1.165) is 57.8 Å². The Bertz CT molecular complexity index is 2070. The third-order valence-electron chi connectivity index (χ3n) is 14.2. The standard InChI is InChI=1S/C16H34O2S.2C16H32O2S.C15H30O2S/c3*1-14(16(5,6)7)13-19(17,18)12-10-8-9-11-15(2,3)4;1-13(15(5,6)7)12-18(16,17)11-9-8-10-14(2,3)4/h14H,8-13H2,1-7H3;10,12,14H,8-9,11,13H2,1-7H3;8,10,14H,9,11-13H2,1-7H3;8-9,13H,10-12H2,1-7H3/b;12-10+;10-8+;9-8+/t3*14-;13-/m1000/s1. The molecule has 8 nitrogen and oxygen atoms in total. The van der Waals surface area contributed by atoms with Crippen molar-refractivity contribution in [3.8, 4) is 0 Å². The van der Waals surface area contributed by atoms with Crippen molar-refractivity contribution in [2.75, 3.05) is 40.3 Å². The van der Waals surface area contributed by atoms with E-state index in [2.05, 4.69) is 166 Å². The summed E-state index contributed by atoms with van der Waals surface area (Å²) in [5.74, 6) is 2.57. The third-order valence-corrected chi connectivity index (χ3v) is 21.1. The zero-order chi connectivity index (χ0) is 60.6. The molecular weight excluding hydrogens is 1010 g/mol. The molecule has 4 atom stereocenters. The van der Waals surface area contributed by atoms with Crippen LogP contribution < -0.4 is 0 Å². The Labute approximate surface area is 471 Å². The molecule has 0 saturated heterocycles. The van der Waals surface area contributed by atoms with Gasteiger partial charge in [0.25, 0.3) is 0 Å². The van der Waals surface area contributed by atoms with Gasteiger partial charge in [-0.3, -0.25) is 0 Å². The lowest BCUT2D eigenvalue weighted by Gasteiger charge is -2.26. The lowest BCUT2D eigenvalue weighted by molar-refractivity contribution is 0.285. The van der Waals surface area contributed by atoms with Crippen LogP contribution in [0.1, 0.15) is 258 Å². The Hall–Kier alpha value is -0.980. The zero-order valence-electron chi connectivity index (χ0n) is 54.7. The molecular formula is C63H128O8S4. The van der Waals surface area contributed by atoms with E-state index < -0.39 is 39.3 Å². The Balaban J connectivity index is -0.000000448. The molecule has 0 aliphatic carbocycles. The molecule has 0 aromatic heterocycles. The summed E-state index contributed by atoms with van der Waals surface area (Å²) < 4.78 is 95.9. The van der Waals surface area contributed by atoms with Gasteiger partial charge in [0, 0.05) is 5.41 Å². The Morgan fingerprint density at radius 2 is 0.653 bits per heavy atom. The Morgan fingerprint density at radius 3 is 1.00 bits per heavy atom. The summed E-state index contributed by atoms with van der Waals surface area (Å²) >= 11 is 0. The highest BCUT2D eigenvalue weighted by molar-refractivity contribution is 7.94. The maximum absolute atomic E-state index is 12.0. The number of allylic oxidation sites excluding steroid dienone is 3. The Kier molecular flexibility index (Phi) is 36.2. The summed E-state index contributed by atoms with van der Waals surface area (Å²) in [6, 6.07) is 0. The van der Waals surface area contributed by atoms with Crippen LogP contribution in [0.4, 0.5) is 0 Å². The summed E-state index contributed by atoms with van der Waals surface area (Å²) in [6.07, 6.45) is 19.5. The molecule has 0 radical (unpaired) electrons. The highest BCUT2D eigenvalue weighted by Gasteiger charge is 2.28. The maximum atomic E-state index is 12.0. The second-order valence-electron chi connectivity index (χ2n) is 31.7. The van der Waals surface area contributed by atoms with Crippen molar-refractivity contribution in [1.29, 1.82) is 0 Å². The van der Waals surface area contributed by atoms with Gasteiger partial charge >= 0.3 is 0 Å². The molecule has 0 fully saturated rings. The van der Waals surface area contributed by atoms with Gasteiger partial charge in [-0.2, -0.15) is 0 Å². The van der Waals surface area contributed by atoms with Crippen molar-refractivity contribution < 1.29 is 33.7 Å². The first-order valence-electron chi connectivity index (χ1n) is 28.6. The van der Waals surface area contributed by atoms with E-state index in [9.17, 15) is 33.7 Å². The third kappa shape index (κ3) is 54.7. The molecule has 0 amide bonds. The van der Waals surface area contributed by atoms with Crippen molar-refractivity contribution >= 4 is 39.3 Å². The number of hydrogen-bond donors (Lipinski definition) is 0. The lowest BCUT2D eigenvalue weighted by Crippen LogP contribution is -2.26. The summed E-state index contributed by atoms with van der Waals surface area (Å²) in [5.41, 5.74) is 1.41. The van der Waals surface area contributed by atoms with Crippen LogP contribution in [0.5, 0.6) is 0 Å². The van der Waals surface area contributed by atoms with Gasteiger partial charge in [0.15, 0.2) is 39.3 Å². The molecule has 0 unspecified atom stereocenters. The molecule has 0 aromatic carbocycles. The number of unbranched alkanes of at least 4 members (excludes halogenated alkanes) is 3. The van der Waals surface area contributed by atoms with Crippen molar-refractivity contribution in [3.05, 3.63) is 35.8 Å². The van der Waals surface area contributed by atoms with Gasteiger partial charge in [0.1, 0.15) is 0 Å². The molecule has 0 bridgehead atoms. The second kappa shape index (κ2) is 33.7. The fourth-order valence-corrected chi connectivity index (χ4v) is 13.8. The first kappa shape index (κ1) is 80.5. The average Bonchev–Trinajstić information content (AvgIpc) is 3.13. The van der Waals surface area contributed by atoms with Gasteiger partial charge in [0.05, 0.1) is 40.3 Å². The summed E-state index contributed by atoms with van der Waals surface area (Å²) in [4.78, 5) is 0. The van der Waals surface area contributed by atoms with E-state index >= 15 is 0 Å². The molecule has 75 heavy (non-hydrogen) atoms. The van der Waals surface area contributed by atoms with Crippen molar-refractivity contribution in [2.45, 2.75) is 258 Å². The van der Waals surface area contributed by atoms with Crippen LogP contribution in [-0.4, -0.2) is 73.9 Å². The topological polar surface area (TPSA) is 137 Å².